The van der Waals surface area contributed by atoms with Crippen LogP contribution in [-0.4, -0.2) is 12.5 Å². The lowest BCUT2D eigenvalue weighted by atomic mass is 10.2. The Morgan fingerprint density at radius 3 is 2.44 bits per heavy atom. The number of hydrogen-bond acceptors (Lipinski definition) is 2. The number of amides is 1. The average Bonchev–Trinajstić information content (AvgIpc) is 3.07. The molecule has 3 nitrogen and oxygen atoms in total. The van der Waals surface area contributed by atoms with Crippen molar-refractivity contribution in [3.63, 3.8) is 0 Å². The highest BCUT2D eigenvalue weighted by atomic mass is 79.9. The molecular weight excluding hydrogens is 376 g/mol. The number of halogens is 1. The van der Waals surface area contributed by atoms with E-state index in [1.165, 1.54) is 11.3 Å². The van der Waals surface area contributed by atoms with Crippen LogP contribution < -0.4 is 10.2 Å². The summed E-state index contributed by atoms with van der Waals surface area (Å²) in [5.74, 6) is -0.119. The Bertz CT molecular complexity index is 921. The number of carbonyl (C=O) groups is 1. The number of fused-ring (bicyclic) bond motifs is 1. The van der Waals surface area contributed by atoms with Crippen molar-refractivity contribution in [1.82, 2.24) is 0 Å². The number of nitrogens with zero attached hydrogens (tertiary/aromatic N) is 1. The summed E-state index contributed by atoms with van der Waals surface area (Å²) in [6, 6.07) is 23.9. The summed E-state index contributed by atoms with van der Waals surface area (Å²) < 4.78 is 0.790. The van der Waals surface area contributed by atoms with E-state index in [1.807, 2.05) is 30.3 Å². The summed E-state index contributed by atoms with van der Waals surface area (Å²) in [5.41, 5.74) is 5.21. The van der Waals surface area contributed by atoms with E-state index in [0.717, 1.165) is 28.8 Å². The van der Waals surface area contributed by atoms with Crippen LogP contribution in [0.5, 0.6) is 0 Å². The van der Waals surface area contributed by atoms with Crippen molar-refractivity contribution in [2.24, 2.45) is 0 Å². The highest BCUT2D eigenvalue weighted by Crippen LogP contribution is 2.34. The van der Waals surface area contributed by atoms with Crippen molar-refractivity contribution in [2.75, 3.05) is 16.8 Å². The van der Waals surface area contributed by atoms with E-state index in [2.05, 4.69) is 62.5 Å². The molecule has 0 fully saturated rings. The van der Waals surface area contributed by atoms with Gasteiger partial charge in [-0.2, -0.15) is 0 Å². The molecule has 3 aromatic carbocycles. The molecule has 1 aliphatic rings. The smallest absolute Gasteiger partial charge is 0.256 e. The van der Waals surface area contributed by atoms with Crippen molar-refractivity contribution >= 4 is 38.9 Å². The van der Waals surface area contributed by atoms with Crippen LogP contribution in [0.15, 0.2) is 77.3 Å². The summed E-state index contributed by atoms with van der Waals surface area (Å²) in [4.78, 5) is 14.7. The first-order valence-electron chi connectivity index (χ1n) is 8.24. The van der Waals surface area contributed by atoms with Gasteiger partial charge in [-0.05, 0) is 70.4 Å². The number of para-hydroxylation sites is 1. The molecule has 0 saturated carbocycles. The number of benzene rings is 3. The van der Waals surface area contributed by atoms with E-state index in [9.17, 15) is 4.79 Å². The van der Waals surface area contributed by atoms with Gasteiger partial charge in [-0.3, -0.25) is 4.79 Å². The molecule has 0 bridgehead atoms. The Balaban J connectivity index is 1.52. The zero-order valence-electron chi connectivity index (χ0n) is 13.6. The predicted octanol–water partition coefficient (Wildman–Crippen LogP) is 5.40. The van der Waals surface area contributed by atoms with Gasteiger partial charge in [-0.1, -0.05) is 30.3 Å². The van der Waals surface area contributed by atoms with E-state index in [1.54, 1.807) is 6.07 Å². The standard InChI is InChI=1S/C21H17BrN2O/c22-19-7-3-2-6-18(19)21(25)23-16-9-11-17(12-10-16)24-14-13-15-5-1-4-8-20(15)24/h1-12H,13-14H2,(H,23,25). The number of anilines is 3. The molecule has 124 valence electrons. The van der Waals surface area contributed by atoms with Crippen LogP contribution in [0.3, 0.4) is 0 Å². The lowest BCUT2D eigenvalue weighted by molar-refractivity contribution is 0.102. The van der Waals surface area contributed by atoms with Crippen LogP contribution in [0.2, 0.25) is 0 Å². The molecule has 0 aromatic heterocycles. The number of hydrogen-bond donors (Lipinski definition) is 1. The first-order chi connectivity index (χ1) is 12.2. The van der Waals surface area contributed by atoms with Crippen molar-refractivity contribution in [3.8, 4) is 0 Å². The van der Waals surface area contributed by atoms with Crippen molar-refractivity contribution in [1.29, 1.82) is 0 Å². The first kappa shape index (κ1) is 15.9. The maximum Gasteiger partial charge on any atom is 0.256 e. The van der Waals surface area contributed by atoms with Gasteiger partial charge in [0.1, 0.15) is 0 Å². The van der Waals surface area contributed by atoms with Crippen LogP contribution >= 0.6 is 15.9 Å². The van der Waals surface area contributed by atoms with Gasteiger partial charge in [-0.15, -0.1) is 0 Å². The fourth-order valence-electron chi connectivity index (χ4n) is 3.17. The van der Waals surface area contributed by atoms with E-state index < -0.39 is 0 Å². The van der Waals surface area contributed by atoms with Crippen LogP contribution in [-0.2, 0) is 6.42 Å². The fraction of sp³-hybridized carbons (Fsp3) is 0.0952. The highest BCUT2D eigenvalue weighted by Gasteiger charge is 2.19. The van der Waals surface area contributed by atoms with Gasteiger partial charge in [0.2, 0.25) is 0 Å². The fourth-order valence-corrected chi connectivity index (χ4v) is 3.64. The molecule has 4 rings (SSSR count). The molecule has 1 heterocycles. The third-order valence-electron chi connectivity index (χ3n) is 4.44. The number of rotatable bonds is 3. The summed E-state index contributed by atoms with van der Waals surface area (Å²) in [7, 11) is 0. The molecule has 0 saturated heterocycles. The zero-order chi connectivity index (χ0) is 17.2. The topological polar surface area (TPSA) is 32.3 Å². The molecule has 25 heavy (non-hydrogen) atoms. The minimum atomic E-state index is -0.119. The number of nitrogens with one attached hydrogen (secondary N) is 1. The van der Waals surface area contributed by atoms with Crippen molar-refractivity contribution < 1.29 is 4.79 Å². The Morgan fingerprint density at radius 2 is 1.64 bits per heavy atom. The second-order valence-electron chi connectivity index (χ2n) is 6.01. The zero-order valence-corrected chi connectivity index (χ0v) is 15.2. The molecule has 0 aliphatic carbocycles. The van der Waals surface area contributed by atoms with Crippen LogP contribution in [0.4, 0.5) is 17.1 Å². The van der Waals surface area contributed by atoms with Gasteiger partial charge < -0.3 is 10.2 Å². The Kier molecular flexibility index (Phi) is 4.28. The molecule has 0 spiro atoms. The summed E-state index contributed by atoms with van der Waals surface area (Å²) in [6.45, 7) is 0.988. The van der Waals surface area contributed by atoms with E-state index in [4.69, 9.17) is 0 Å². The summed E-state index contributed by atoms with van der Waals surface area (Å²) in [6.07, 6.45) is 1.07. The van der Waals surface area contributed by atoms with Gasteiger partial charge in [0, 0.05) is 28.1 Å². The second-order valence-corrected chi connectivity index (χ2v) is 6.87. The van der Waals surface area contributed by atoms with E-state index >= 15 is 0 Å². The maximum atomic E-state index is 12.4. The molecule has 3 aromatic rings. The average molecular weight is 393 g/mol. The Hall–Kier alpha value is -2.59. The SMILES string of the molecule is O=C(Nc1ccc(N2CCc3ccccc32)cc1)c1ccccc1Br. The molecule has 0 unspecified atom stereocenters. The Labute approximate surface area is 155 Å². The Morgan fingerprint density at radius 1 is 0.920 bits per heavy atom. The normalized spacial score (nSPS) is 12.8. The third kappa shape index (κ3) is 3.17. The van der Waals surface area contributed by atoms with E-state index in [-0.39, 0.29) is 5.91 Å². The third-order valence-corrected chi connectivity index (χ3v) is 5.13. The van der Waals surface area contributed by atoms with Crippen LogP contribution in [0.1, 0.15) is 15.9 Å². The molecule has 1 aliphatic heterocycles. The largest absolute Gasteiger partial charge is 0.341 e. The lowest BCUT2D eigenvalue weighted by Crippen LogP contribution is -2.14. The van der Waals surface area contributed by atoms with Crippen molar-refractivity contribution in [2.45, 2.75) is 6.42 Å². The lowest BCUT2D eigenvalue weighted by Gasteiger charge is -2.20. The minimum absolute atomic E-state index is 0.119. The second kappa shape index (κ2) is 6.73. The molecule has 4 heteroatoms. The quantitative estimate of drug-likeness (QED) is 0.647. The summed E-state index contributed by atoms with van der Waals surface area (Å²) >= 11 is 3.41. The maximum absolute atomic E-state index is 12.4. The number of carbonyl (C=O) groups excluding carboxylic acids is 1. The van der Waals surface area contributed by atoms with E-state index in [0.29, 0.717) is 5.56 Å². The predicted molar refractivity (Wildman–Crippen MR) is 106 cm³/mol. The summed E-state index contributed by atoms with van der Waals surface area (Å²) in [5, 5.41) is 2.95. The highest BCUT2D eigenvalue weighted by molar-refractivity contribution is 9.10. The molecule has 0 radical (unpaired) electrons. The molecule has 1 amide bonds. The van der Waals surface area contributed by atoms with Gasteiger partial charge in [-0.25, -0.2) is 0 Å². The molecule has 1 N–H and O–H groups in total. The molecule has 0 atom stereocenters. The van der Waals surface area contributed by atoms with Crippen LogP contribution in [0, 0.1) is 0 Å². The van der Waals surface area contributed by atoms with Gasteiger partial charge in [0.25, 0.3) is 5.91 Å². The van der Waals surface area contributed by atoms with Crippen LogP contribution in [0.25, 0.3) is 0 Å². The van der Waals surface area contributed by atoms with Gasteiger partial charge in [0.05, 0.1) is 5.56 Å². The monoisotopic (exact) mass is 392 g/mol. The first-order valence-corrected chi connectivity index (χ1v) is 9.03. The van der Waals surface area contributed by atoms with Gasteiger partial charge in [0.15, 0.2) is 0 Å². The van der Waals surface area contributed by atoms with Crippen molar-refractivity contribution in [3.05, 3.63) is 88.4 Å². The van der Waals surface area contributed by atoms with Gasteiger partial charge >= 0.3 is 0 Å². The molecular formula is C21H17BrN2O. The minimum Gasteiger partial charge on any atom is -0.341 e.